The van der Waals surface area contributed by atoms with Gasteiger partial charge in [-0.25, -0.2) is 0 Å². The highest BCUT2D eigenvalue weighted by atomic mass is 32.1. The fourth-order valence-electron chi connectivity index (χ4n) is 2.02. The predicted molar refractivity (Wildman–Crippen MR) is 92.8 cm³/mol. The summed E-state index contributed by atoms with van der Waals surface area (Å²) in [7, 11) is 0. The van der Waals surface area contributed by atoms with Crippen molar-refractivity contribution in [3.8, 4) is 0 Å². The smallest absolute Gasteiger partial charge is 0.127 e. The lowest BCUT2D eigenvalue weighted by Crippen LogP contribution is -1.95. The molecule has 0 fully saturated rings. The summed E-state index contributed by atoms with van der Waals surface area (Å²) >= 11 is 5.27. The molecule has 1 aromatic heterocycles. The maximum absolute atomic E-state index is 10.1. The average Bonchev–Trinajstić information content (AvgIpc) is 2.79. The molecule has 1 aromatic rings. The second kappa shape index (κ2) is 7.84. The van der Waals surface area contributed by atoms with Crippen LogP contribution in [0, 0.1) is 10.6 Å². The van der Waals surface area contributed by atoms with Crippen molar-refractivity contribution >= 4 is 17.8 Å². The van der Waals surface area contributed by atoms with E-state index in [9.17, 15) is 5.11 Å². The summed E-state index contributed by atoms with van der Waals surface area (Å²) in [5, 5.41) is 16.1. The monoisotopic (exact) mass is 304 g/mol. The lowest BCUT2D eigenvalue weighted by Gasteiger charge is -2.05. The molecule has 0 bridgehead atoms. The topological polar surface area (TPSA) is 51.8 Å². The molecule has 0 amide bonds. The predicted octanol–water partition coefficient (Wildman–Crippen LogP) is 5.25. The minimum atomic E-state index is 0.283. The Hall–Kier alpha value is -1.81. The van der Waals surface area contributed by atoms with Crippen LogP contribution in [0.1, 0.15) is 39.0 Å². The van der Waals surface area contributed by atoms with Crippen LogP contribution in [0.15, 0.2) is 42.2 Å². The van der Waals surface area contributed by atoms with E-state index in [2.05, 4.69) is 30.6 Å². The molecule has 0 spiro atoms. The van der Waals surface area contributed by atoms with Gasteiger partial charge in [-0.15, -0.1) is 0 Å². The van der Waals surface area contributed by atoms with Gasteiger partial charge in [-0.05, 0) is 37.0 Å². The van der Waals surface area contributed by atoms with Crippen molar-refractivity contribution < 1.29 is 5.11 Å². The summed E-state index contributed by atoms with van der Waals surface area (Å²) in [6, 6.07) is 0. The summed E-state index contributed by atoms with van der Waals surface area (Å²) in [4.78, 5) is 0. The van der Waals surface area contributed by atoms with Crippen molar-refractivity contribution in [2.75, 3.05) is 0 Å². The van der Waals surface area contributed by atoms with Crippen LogP contribution in [-0.4, -0.2) is 15.3 Å². The summed E-state index contributed by atoms with van der Waals surface area (Å²) < 4.78 is 0.665. The van der Waals surface area contributed by atoms with E-state index < -0.39 is 0 Å². The highest BCUT2D eigenvalue weighted by Crippen LogP contribution is 2.20. The number of aromatic amines is 2. The molecular weight excluding hydrogens is 280 g/mol. The van der Waals surface area contributed by atoms with Gasteiger partial charge < -0.3 is 10.2 Å². The largest absolute Gasteiger partial charge is 0.512 e. The van der Waals surface area contributed by atoms with E-state index in [0.29, 0.717) is 17.0 Å². The number of nitrogens with one attached hydrogen (secondary N) is 2. The highest BCUT2D eigenvalue weighted by molar-refractivity contribution is 7.71. The Labute approximate surface area is 131 Å². The third-order valence-electron chi connectivity index (χ3n) is 3.41. The molecule has 0 aliphatic rings. The third-order valence-corrected chi connectivity index (χ3v) is 3.72. The molecule has 0 atom stereocenters. The van der Waals surface area contributed by atoms with Gasteiger partial charge in [0, 0.05) is 17.7 Å². The summed E-state index contributed by atoms with van der Waals surface area (Å²) in [6.45, 7) is 11.9. The van der Waals surface area contributed by atoms with E-state index in [4.69, 9.17) is 12.2 Å². The van der Waals surface area contributed by atoms with Crippen LogP contribution in [0.25, 0.3) is 5.57 Å². The fraction of sp³-hybridized carbons (Fsp3) is 0.353. The standard InChI is InChI=1S/C17H24N2OS/c1-6-12(5)16-15(18-19-17(16)21)10-14(20)9-8-13(7-2)11(3)4/h6-9,11,20H,2,10H2,1,3-5H3,(H2,18,19,21)/b12-6+,13-8+,14-9+. The maximum Gasteiger partial charge on any atom is 0.127 e. The van der Waals surface area contributed by atoms with Crippen molar-refractivity contribution in [2.45, 2.75) is 34.1 Å². The van der Waals surface area contributed by atoms with Crippen molar-refractivity contribution in [3.05, 3.63) is 58.1 Å². The minimum absolute atomic E-state index is 0.283. The van der Waals surface area contributed by atoms with Crippen molar-refractivity contribution in [1.82, 2.24) is 10.2 Å². The average molecular weight is 304 g/mol. The van der Waals surface area contributed by atoms with Crippen LogP contribution in [0.2, 0.25) is 0 Å². The first kappa shape index (κ1) is 17.2. The van der Waals surface area contributed by atoms with Gasteiger partial charge in [-0.1, -0.05) is 50.9 Å². The number of aliphatic hydroxyl groups is 1. The molecule has 1 rings (SSSR count). The van der Waals surface area contributed by atoms with Gasteiger partial charge in [0.15, 0.2) is 0 Å². The van der Waals surface area contributed by atoms with Gasteiger partial charge >= 0.3 is 0 Å². The summed E-state index contributed by atoms with van der Waals surface area (Å²) in [6.07, 6.45) is 7.85. The van der Waals surface area contributed by atoms with Crippen LogP contribution < -0.4 is 0 Å². The van der Waals surface area contributed by atoms with Gasteiger partial charge in [0.2, 0.25) is 0 Å². The molecule has 3 nitrogen and oxygen atoms in total. The van der Waals surface area contributed by atoms with E-state index in [1.54, 1.807) is 6.08 Å². The number of aromatic nitrogens is 2. The minimum Gasteiger partial charge on any atom is -0.512 e. The van der Waals surface area contributed by atoms with E-state index >= 15 is 0 Å². The number of hydrogen-bond donors (Lipinski definition) is 3. The van der Waals surface area contributed by atoms with Gasteiger partial charge in [-0.3, -0.25) is 5.10 Å². The van der Waals surface area contributed by atoms with Gasteiger partial charge in [-0.2, -0.15) is 0 Å². The van der Waals surface area contributed by atoms with Crippen LogP contribution in [-0.2, 0) is 6.42 Å². The molecule has 0 radical (unpaired) electrons. The van der Waals surface area contributed by atoms with E-state index in [1.807, 2.05) is 32.1 Å². The molecule has 0 unspecified atom stereocenters. The number of hydrogen-bond acceptors (Lipinski definition) is 2. The number of allylic oxidation sites excluding steroid dienone is 7. The van der Waals surface area contributed by atoms with Crippen LogP contribution >= 0.6 is 12.2 Å². The SMILES string of the molecule is C=C/C(=C\C=C(\O)Cc1[nH][nH]c(=S)c1/C(C)=C/C)C(C)C. The molecule has 0 aliphatic carbocycles. The quantitative estimate of drug-likeness (QED) is 0.382. The first-order chi connectivity index (χ1) is 9.90. The molecule has 4 heteroatoms. The molecule has 0 aromatic carbocycles. The van der Waals surface area contributed by atoms with E-state index in [1.165, 1.54) is 0 Å². The van der Waals surface area contributed by atoms with Gasteiger partial charge in [0.1, 0.15) is 4.64 Å². The second-order valence-electron chi connectivity index (χ2n) is 5.26. The molecule has 1 heterocycles. The molecule has 0 aliphatic heterocycles. The molecule has 0 saturated heterocycles. The molecule has 114 valence electrons. The highest BCUT2D eigenvalue weighted by Gasteiger charge is 2.10. The number of rotatable bonds is 6. The van der Waals surface area contributed by atoms with E-state index in [-0.39, 0.29) is 5.76 Å². The fourth-order valence-corrected chi connectivity index (χ4v) is 2.35. The molecule has 3 N–H and O–H groups in total. The third kappa shape index (κ3) is 4.60. The van der Waals surface area contributed by atoms with Crippen molar-refractivity contribution in [1.29, 1.82) is 0 Å². The maximum atomic E-state index is 10.1. The zero-order chi connectivity index (χ0) is 16.0. The Morgan fingerprint density at radius 2 is 2.00 bits per heavy atom. The Morgan fingerprint density at radius 3 is 2.52 bits per heavy atom. The zero-order valence-electron chi connectivity index (χ0n) is 13.2. The van der Waals surface area contributed by atoms with E-state index in [0.717, 1.165) is 22.4 Å². The summed E-state index contributed by atoms with van der Waals surface area (Å²) in [5.41, 5.74) is 4.03. The molecule has 0 saturated carbocycles. The van der Waals surface area contributed by atoms with Crippen molar-refractivity contribution in [3.63, 3.8) is 0 Å². The first-order valence-electron chi connectivity index (χ1n) is 7.05. The lowest BCUT2D eigenvalue weighted by atomic mass is 10.0. The Bertz CT molecular complexity index is 642. The Kier molecular flexibility index (Phi) is 6.43. The van der Waals surface area contributed by atoms with Crippen molar-refractivity contribution in [2.24, 2.45) is 5.92 Å². The lowest BCUT2D eigenvalue weighted by molar-refractivity contribution is 0.397. The van der Waals surface area contributed by atoms with Crippen LogP contribution in [0.5, 0.6) is 0 Å². The Balaban J connectivity index is 3.02. The Morgan fingerprint density at radius 1 is 1.33 bits per heavy atom. The van der Waals surface area contributed by atoms with Gasteiger partial charge in [0.25, 0.3) is 0 Å². The summed E-state index contributed by atoms with van der Waals surface area (Å²) in [5.74, 6) is 0.663. The normalized spacial score (nSPS) is 13.9. The molecule has 21 heavy (non-hydrogen) atoms. The first-order valence-corrected chi connectivity index (χ1v) is 7.46. The van der Waals surface area contributed by atoms with Gasteiger partial charge in [0.05, 0.1) is 5.76 Å². The van der Waals surface area contributed by atoms with Crippen LogP contribution in [0.3, 0.4) is 0 Å². The zero-order valence-corrected chi connectivity index (χ0v) is 14.0. The van der Waals surface area contributed by atoms with Crippen LogP contribution in [0.4, 0.5) is 0 Å². The molecular formula is C17H24N2OS. The second-order valence-corrected chi connectivity index (χ2v) is 5.67. The number of H-pyrrole nitrogens is 2. The number of aliphatic hydroxyl groups excluding tert-OH is 1.